The zero-order chi connectivity index (χ0) is 7.40. The van der Waals surface area contributed by atoms with Crippen molar-refractivity contribution in [3.05, 3.63) is 0 Å². The van der Waals surface area contributed by atoms with E-state index in [-0.39, 0.29) is 0 Å². The second-order valence-corrected chi connectivity index (χ2v) is 2.96. The molecule has 0 spiro atoms. The quantitative estimate of drug-likeness (QED) is 0.371. The van der Waals surface area contributed by atoms with Crippen LogP contribution in [0.15, 0.2) is 4.99 Å². The molecule has 0 unspecified atom stereocenters. The van der Waals surface area contributed by atoms with Crippen molar-refractivity contribution in [1.82, 2.24) is 0 Å². The van der Waals surface area contributed by atoms with Crippen LogP contribution in [0.5, 0.6) is 0 Å². The Bertz CT molecular complexity index is 128. The first-order valence-corrected chi connectivity index (χ1v) is 4.24. The van der Waals surface area contributed by atoms with Gasteiger partial charge in [-0.1, -0.05) is 12.8 Å². The van der Waals surface area contributed by atoms with Gasteiger partial charge in [0.2, 0.25) is 0 Å². The Morgan fingerprint density at radius 2 is 2.10 bits per heavy atom. The fraction of sp³-hybridized carbons (Fsp3) is 0.857. The van der Waals surface area contributed by atoms with Gasteiger partial charge in [-0.25, -0.2) is 0 Å². The average molecular weight is 161 g/mol. The summed E-state index contributed by atoms with van der Waals surface area (Å²) in [5, 5.41) is 0. The minimum atomic E-state index is 0.372. The van der Waals surface area contributed by atoms with Gasteiger partial charge in [-0.15, -0.1) is 11.6 Å². The van der Waals surface area contributed by atoms with Gasteiger partial charge in [0.05, 0.1) is 11.9 Å². The molecule has 1 saturated carbocycles. The number of amidine groups is 1. The van der Waals surface area contributed by atoms with E-state index in [1.54, 1.807) is 0 Å². The van der Waals surface area contributed by atoms with Gasteiger partial charge >= 0.3 is 0 Å². The van der Waals surface area contributed by atoms with E-state index in [9.17, 15) is 0 Å². The van der Waals surface area contributed by atoms with Crippen molar-refractivity contribution in [2.24, 2.45) is 10.7 Å². The summed E-state index contributed by atoms with van der Waals surface area (Å²) in [6.07, 6.45) is 4.97. The molecule has 0 atom stereocenters. The molecule has 1 rings (SSSR count). The van der Waals surface area contributed by atoms with Crippen LogP contribution >= 0.6 is 11.6 Å². The van der Waals surface area contributed by atoms with Crippen molar-refractivity contribution < 1.29 is 0 Å². The van der Waals surface area contributed by atoms with Gasteiger partial charge in [0.25, 0.3) is 0 Å². The van der Waals surface area contributed by atoms with Crippen LogP contribution in [-0.4, -0.2) is 17.8 Å². The predicted molar refractivity (Wildman–Crippen MR) is 44.6 cm³/mol. The van der Waals surface area contributed by atoms with Crippen LogP contribution in [0.2, 0.25) is 0 Å². The van der Waals surface area contributed by atoms with E-state index in [1.807, 2.05) is 0 Å². The Kier molecular flexibility index (Phi) is 3.00. The number of rotatable bonds is 2. The van der Waals surface area contributed by atoms with Crippen LogP contribution in [0.1, 0.15) is 25.7 Å². The van der Waals surface area contributed by atoms with Crippen LogP contribution < -0.4 is 5.73 Å². The summed E-state index contributed by atoms with van der Waals surface area (Å²) >= 11 is 5.47. The van der Waals surface area contributed by atoms with E-state index in [0.717, 1.165) is 0 Å². The summed E-state index contributed by atoms with van der Waals surface area (Å²) in [6.45, 7) is 0. The van der Waals surface area contributed by atoms with Gasteiger partial charge in [0, 0.05) is 0 Å². The molecule has 58 valence electrons. The SMILES string of the molecule is NC(CCl)=NC1CCCC1. The van der Waals surface area contributed by atoms with Crippen LogP contribution in [0.3, 0.4) is 0 Å². The molecule has 0 radical (unpaired) electrons. The molecule has 0 saturated heterocycles. The fourth-order valence-corrected chi connectivity index (χ4v) is 1.37. The Morgan fingerprint density at radius 3 is 2.60 bits per heavy atom. The number of nitrogens with two attached hydrogens (primary N) is 1. The highest BCUT2D eigenvalue weighted by atomic mass is 35.5. The smallest absolute Gasteiger partial charge is 0.109 e. The normalized spacial score (nSPS) is 21.9. The minimum Gasteiger partial charge on any atom is -0.386 e. The largest absolute Gasteiger partial charge is 0.386 e. The van der Waals surface area contributed by atoms with E-state index < -0.39 is 0 Å². The molecule has 0 aromatic rings. The molecule has 0 heterocycles. The van der Waals surface area contributed by atoms with E-state index in [1.165, 1.54) is 25.7 Å². The van der Waals surface area contributed by atoms with Gasteiger partial charge in [-0.05, 0) is 12.8 Å². The molecule has 0 aromatic carbocycles. The highest BCUT2D eigenvalue weighted by molar-refractivity contribution is 6.27. The third-order valence-corrected chi connectivity index (χ3v) is 2.08. The van der Waals surface area contributed by atoms with Crippen molar-refractivity contribution >= 4 is 17.4 Å². The van der Waals surface area contributed by atoms with E-state index in [0.29, 0.717) is 17.8 Å². The molecule has 0 amide bonds. The summed E-state index contributed by atoms with van der Waals surface area (Å²) in [6, 6.07) is 0.471. The molecule has 2 nitrogen and oxygen atoms in total. The lowest BCUT2D eigenvalue weighted by molar-refractivity contribution is 0.705. The lowest BCUT2D eigenvalue weighted by atomic mass is 10.3. The fourth-order valence-electron chi connectivity index (χ4n) is 1.30. The standard InChI is InChI=1S/C7H13ClN2/c8-5-7(9)10-6-3-1-2-4-6/h6H,1-5H2,(H2,9,10). The molecular formula is C7H13ClN2. The molecule has 10 heavy (non-hydrogen) atoms. The Morgan fingerprint density at radius 1 is 1.50 bits per heavy atom. The maximum atomic E-state index is 5.47. The van der Waals surface area contributed by atoms with E-state index >= 15 is 0 Å². The Hall–Kier alpha value is -0.240. The number of aliphatic imine (C=N–C) groups is 1. The molecule has 2 N–H and O–H groups in total. The highest BCUT2D eigenvalue weighted by Crippen LogP contribution is 2.20. The third-order valence-electron chi connectivity index (χ3n) is 1.81. The number of nitrogens with zero attached hydrogens (tertiary/aromatic N) is 1. The van der Waals surface area contributed by atoms with Crippen molar-refractivity contribution in [3.63, 3.8) is 0 Å². The molecule has 0 aliphatic heterocycles. The Labute approximate surface area is 66.5 Å². The second-order valence-electron chi connectivity index (χ2n) is 2.69. The van der Waals surface area contributed by atoms with E-state index in [4.69, 9.17) is 17.3 Å². The lowest BCUT2D eigenvalue weighted by Gasteiger charge is -2.01. The molecule has 1 aliphatic rings. The summed E-state index contributed by atoms with van der Waals surface area (Å²) in [7, 11) is 0. The van der Waals surface area contributed by atoms with Crippen LogP contribution in [0.25, 0.3) is 0 Å². The van der Waals surface area contributed by atoms with Gasteiger partial charge in [0.1, 0.15) is 5.84 Å². The zero-order valence-electron chi connectivity index (χ0n) is 6.02. The average Bonchev–Trinajstić information content (AvgIpc) is 2.40. The number of hydrogen-bond donors (Lipinski definition) is 1. The van der Waals surface area contributed by atoms with Crippen molar-refractivity contribution in [1.29, 1.82) is 0 Å². The van der Waals surface area contributed by atoms with Crippen LogP contribution in [0, 0.1) is 0 Å². The monoisotopic (exact) mass is 160 g/mol. The minimum absolute atomic E-state index is 0.372. The number of hydrogen-bond acceptors (Lipinski definition) is 1. The van der Waals surface area contributed by atoms with E-state index in [2.05, 4.69) is 4.99 Å². The number of alkyl halides is 1. The first kappa shape index (κ1) is 7.86. The van der Waals surface area contributed by atoms with Crippen molar-refractivity contribution in [3.8, 4) is 0 Å². The predicted octanol–water partition coefficient (Wildman–Crippen LogP) is 1.52. The lowest BCUT2D eigenvalue weighted by Crippen LogP contribution is -2.16. The zero-order valence-corrected chi connectivity index (χ0v) is 6.77. The Balaban J connectivity index is 2.34. The first-order chi connectivity index (χ1) is 4.83. The maximum Gasteiger partial charge on any atom is 0.109 e. The van der Waals surface area contributed by atoms with Crippen molar-refractivity contribution in [2.45, 2.75) is 31.7 Å². The topological polar surface area (TPSA) is 38.4 Å². The molecule has 0 bridgehead atoms. The molecular weight excluding hydrogens is 148 g/mol. The second kappa shape index (κ2) is 3.81. The number of halogens is 1. The first-order valence-electron chi connectivity index (χ1n) is 3.71. The van der Waals surface area contributed by atoms with Crippen LogP contribution in [0.4, 0.5) is 0 Å². The maximum absolute atomic E-state index is 5.47. The summed E-state index contributed by atoms with van der Waals surface area (Å²) in [4.78, 5) is 4.26. The highest BCUT2D eigenvalue weighted by Gasteiger charge is 2.13. The molecule has 1 fully saturated rings. The van der Waals surface area contributed by atoms with Gasteiger partial charge in [0.15, 0.2) is 0 Å². The van der Waals surface area contributed by atoms with Gasteiger partial charge in [-0.2, -0.15) is 0 Å². The summed E-state index contributed by atoms with van der Waals surface area (Å²) in [5.74, 6) is 0.963. The molecule has 1 aliphatic carbocycles. The summed E-state index contributed by atoms with van der Waals surface area (Å²) < 4.78 is 0. The van der Waals surface area contributed by atoms with Gasteiger partial charge < -0.3 is 5.73 Å². The van der Waals surface area contributed by atoms with Crippen molar-refractivity contribution in [2.75, 3.05) is 5.88 Å². The summed E-state index contributed by atoms with van der Waals surface area (Å²) in [5.41, 5.74) is 5.47. The third kappa shape index (κ3) is 2.18. The molecule has 3 heteroatoms. The van der Waals surface area contributed by atoms with Gasteiger partial charge in [-0.3, -0.25) is 4.99 Å². The van der Waals surface area contributed by atoms with Crippen LogP contribution in [-0.2, 0) is 0 Å². The molecule has 0 aromatic heterocycles.